The molecule has 3 aromatic heterocycles. The van der Waals surface area contributed by atoms with Gasteiger partial charge in [0.2, 0.25) is 5.95 Å². The van der Waals surface area contributed by atoms with Gasteiger partial charge < -0.3 is 14.8 Å². The van der Waals surface area contributed by atoms with Gasteiger partial charge in [-0.25, -0.2) is 9.97 Å². The maximum atomic E-state index is 13.2. The van der Waals surface area contributed by atoms with Crippen LogP contribution in [0, 0.1) is 5.92 Å². The lowest BCUT2D eigenvalue weighted by Crippen LogP contribution is -2.45. The fourth-order valence-electron chi connectivity index (χ4n) is 5.99. The van der Waals surface area contributed by atoms with Gasteiger partial charge in [0.25, 0.3) is 11.8 Å². The first-order chi connectivity index (χ1) is 17.1. The Balaban J connectivity index is 1.41. The molecule has 3 aliphatic heterocycles. The van der Waals surface area contributed by atoms with Crippen LogP contribution < -0.4 is 10.2 Å². The molecule has 0 bridgehead atoms. The number of H-pyrrole nitrogens is 1. The van der Waals surface area contributed by atoms with Crippen molar-refractivity contribution >= 4 is 61.4 Å². The van der Waals surface area contributed by atoms with E-state index in [1.54, 1.807) is 17.5 Å². The maximum absolute atomic E-state index is 13.2. The van der Waals surface area contributed by atoms with E-state index < -0.39 is 11.8 Å². The monoisotopic (exact) mass is 484 g/mol. The zero-order valence-corrected chi connectivity index (χ0v) is 20.1. The summed E-state index contributed by atoms with van der Waals surface area (Å²) in [5, 5.41) is 6.19. The van der Waals surface area contributed by atoms with Crippen molar-refractivity contribution in [3.63, 3.8) is 0 Å². The number of aromatic amines is 1. The van der Waals surface area contributed by atoms with Crippen LogP contribution in [0.5, 0.6) is 0 Å². The van der Waals surface area contributed by atoms with Crippen LogP contribution in [-0.2, 0) is 9.59 Å². The molecule has 7 rings (SSSR count). The molecule has 2 saturated heterocycles. The number of benzene rings is 1. The highest BCUT2D eigenvalue weighted by Gasteiger charge is 2.39. The van der Waals surface area contributed by atoms with Crippen molar-refractivity contribution in [2.45, 2.75) is 18.9 Å². The van der Waals surface area contributed by atoms with Crippen LogP contribution in [0.25, 0.3) is 32.3 Å². The van der Waals surface area contributed by atoms with Crippen molar-refractivity contribution in [3.05, 3.63) is 53.2 Å². The number of carbonyl (C=O) groups is 2. The Kier molecular flexibility index (Phi) is 4.59. The van der Waals surface area contributed by atoms with Crippen LogP contribution in [0.15, 0.2) is 41.9 Å². The Morgan fingerprint density at radius 2 is 1.86 bits per heavy atom. The Morgan fingerprint density at radius 1 is 1.00 bits per heavy atom. The summed E-state index contributed by atoms with van der Waals surface area (Å²) in [4.78, 5) is 45.0. The number of nitrogens with one attached hydrogen (secondary N) is 2. The van der Waals surface area contributed by atoms with Crippen LogP contribution in [0.1, 0.15) is 24.1 Å². The smallest absolute Gasteiger partial charge is 0.261 e. The van der Waals surface area contributed by atoms with Crippen LogP contribution >= 0.6 is 11.3 Å². The van der Waals surface area contributed by atoms with E-state index in [1.165, 1.54) is 6.42 Å². The third kappa shape index (κ3) is 3.15. The van der Waals surface area contributed by atoms with Gasteiger partial charge >= 0.3 is 0 Å². The predicted molar refractivity (Wildman–Crippen MR) is 137 cm³/mol. The number of nitrogens with zero attached hydrogens (tertiary/aromatic N) is 4. The molecule has 6 heterocycles. The Bertz CT molecular complexity index is 1550. The molecule has 2 N–H and O–H groups in total. The van der Waals surface area contributed by atoms with E-state index in [1.807, 2.05) is 35.7 Å². The van der Waals surface area contributed by atoms with Gasteiger partial charge in [-0.1, -0.05) is 18.2 Å². The highest BCUT2D eigenvalue weighted by Crippen LogP contribution is 2.39. The molecule has 0 saturated carbocycles. The summed E-state index contributed by atoms with van der Waals surface area (Å²) in [6, 6.07) is 10.3. The lowest BCUT2D eigenvalue weighted by atomic mass is 9.93. The molecule has 2 amide bonds. The Hall–Kier alpha value is -3.56. The van der Waals surface area contributed by atoms with Gasteiger partial charge in [-0.15, -0.1) is 11.3 Å². The van der Waals surface area contributed by atoms with E-state index in [-0.39, 0.29) is 0 Å². The first-order valence-electron chi connectivity index (χ1n) is 12.0. The van der Waals surface area contributed by atoms with Crippen LogP contribution in [-0.4, -0.2) is 64.4 Å². The lowest BCUT2D eigenvalue weighted by Gasteiger charge is -2.37. The average molecular weight is 485 g/mol. The summed E-state index contributed by atoms with van der Waals surface area (Å²) < 4.78 is 0. The number of hydrogen-bond acceptors (Lipinski definition) is 7. The van der Waals surface area contributed by atoms with Gasteiger partial charge in [0, 0.05) is 41.7 Å². The number of amides is 2. The Morgan fingerprint density at radius 3 is 2.77 bits per heavy atom. The van der Waals surface area contributed by atoms with Crippen molar-refractivity contribution in [2.75, 3.05) is 31.6 Å². The number of piperidine rings is 1. The molecule has 8 nitrogen and oxygen atoms in total. The molecule has 2 fully saturated rings. The van der Waals surface area contributed by atoms with E-state index >= 15 is 0 Å². The summed E-state index contributed by atoms with van der Waals surface area (Å²) in [6.45, 7) is 2.89. The standard InChI is InChI=1S/C26H24N6O2S/c1-31-9-6-14-13-32(10-7-19(14)31)26-28-18-5-3-2-4-16(18)22(29-26)21-20(23(33)30-24(21)34)17-12-27-25-15(17)8-11-35-25/h2-5,8,11-12,14,19,27H,6-7,9-10,13H2,1H3,(H,30,33,34)/t14-,19+/m1/s1. The molecule has 4 aromatic rings. The SMILES string of the molecule is CN1CC[C@@H]2CN(c3nc(C4=C(c5c[nH]c6sccc56)C(=O)NC4=O)c4ccccc4n3)CC[C@@H]21. The lowest BCUT2D eigenvalue weighted by molar-refractivity contribution is -0.122. The molecule has 1 aromatic carbocycles. The first kappa shape index (κ1) is 20.8. The molecule has 3 aliphatic rings. The van der Waals surface area contributed by atoms with E-state index in [0.29, 0.717) is 34.7 Å². The second kappa shape index (κ2) is 7.73. The van der Waals surface area contributed by atoms with Crippen LogP contribution in [0.2, 0.25) is 0 Å². The van der Waals surface area contributed by atoms with Gasteiger partial charge in [0.05, 0.1) is 22.4 Å². The highest BCUT2D eigenvalue weighted by atomic mass is 32.1. The second-order valence-corrected chi connectivity index (χ2v) is 10.5. The number of fused-ring (bicyclic) bond motifs is 3. The van der Waals surface area contributed by atoms with E-state index in [4.69, 9.17) is 9.97 Å². The largest absolute Gasteiger partial charge is 0.352 e. The van der Waals surface area contributed by atoms with Gasteiger partial charge in [-0.05, 0) is 49.9 Å². The minimum Gasteiger partial charge on any atom is -0.352 e. The minimum absolute atomic E-state index is 0.317. The quantitative estimate of drug-likeness (QED) is 0.434. The summed E-state index contributed by atoms with van der Waals surface area (Å²) in [7, 11) is 2.21. The molecule has 35 heavy (non-hydrogen) atoms. The van der Waals surface area contributed by atoms with Crippen molar-refractivity contribution in [1.82, 2.24) is 25.2 Å². The van der Waals surface area contributed by atoms with E-state index in [9.17, 15) is 9.59 Å². The zero-order valence-electron chi connectivity index (χ0n) is 19.2. The number of rotatable bonds is 3. The summed E-state index contributed by atoms with van der Waals surface area (Å²) in [5.74, 6) is 0.405. The molecular weight excluding hydrogens is 460 g/mol. The van der Waals surface area contributed by atoms with Crippen molar-refractivity contribution in [3.8, 4) is 0 Å². The molecule has 0 radical (unpaired) electrons. The summed E-state index contributed by atoms with van der Waals surface area (Å²) in [5.41, 5.74) is 2.69. The van der Waals surface area contributed by atoms with Crippen molar-refractivity contribution < 1.29 is 9.59 Å². The van der Waals surface area contributed by atoms with Crippen molar-refractivity contribution in [1.29, 1.82) is 0 Å². The molecular formula is C26H24N6O2S. The number of para-hydroxylation sites is 1. The molecule has 9 heteroatoms. The fraction of sp³-hybridized carbons (Fsp3) is 0.308. The highest BCUT2D eigenvalue weighted by molar-refractivity contribution is 7.16. The molecule has 0 unspecified atom stereocenters. The molecule has 2 atom stereocenters. The molecule has 0 aliphatic carbocycles. The second-order valence-electron chi connectivity index (χ2n) is 9.62. The number of thiophene rings is 1. The first-order valence-corrected chi connectivity index (χ1v) is 12.8. The maximum Gasteiger partial charge on any atom is 0.261 e. The minimum atomic E-state index is -0.416. The zero-order chi connectivity index (χ0) is 23.7. The molecule has 176 valence electrons. The summed E-state index contributed by atoms with van der Waals surface area (Å²) >= 11 is 1.57. The Labute approximate surface area is 205 Å². The average Bonchev–Trinajstić information content (AvgIpc) is 3.63. The molecule has 0 spiro atoms. The number of anilines is 1. The summed E-state index contributed by atoms with van der Waals surface area (Å²) in [6.07, 6.45) is 4.05. The van der Waals surface area contributed by atoms with Gasteiger partial charge in [-0.2, -0.15) is 0 Å². The van der Waals surface area contributed by atoms with E-state index in [0.717, 1.165) is 52.7 Å². The van der Waals surface area contributed by atoms with Crippen LogP contribution in [0.4, 0.5) is 5.95 Å². The van der Waals surface area contributed by atoms with E-state index in [2.05, 4.69) is 27.1 Å². The van der Waals surface area contributed by atoms with Crippen LogP contribution in [0.3, 0.4) is 0 Å². The van der Waals surface area contributed by atoms with Gasteiger partial charge in [-0.3, -0.25) is 14.9 Å². The third-order valence-corrected chi connectivity index (χ3v) is 8.57. The van der Waals surface area contributed by atoms with Crippen molar-refractivity contribution in [2.24, 2.45) is 5.92 Å². The number of carbonyl (C=O) groups excluding carboxylic acids is 2. The topological polar surface area (TPSA) is 94.2 Å². The predicted octanol–water partition coefficient (Wildman–Crippen LogP) is 3.27. The normalized spacial score (nSPS) is 23.1. The number of aromatic nitrogens is 3. The number of likely N-dealkylation sites (tertiary alicyclic amines) is 1. The number of imide groups is 1. The number of hydrogen-bond donors (Lipinski definition) is 2. The van der Waals surface area contributed by atoms with Gasteiger partial charge in [0.15, 0.2) is 0 Å². The fourth-order valence-corrected chi connectivity index (χ4v) is 6.76. The van der Waals surface area contributed by atoms with Gasteiger partial charge in [0.1, 0.15) is 4.83 Å². The third-order valence-electron chi connectivity index (χ3n) is 7.73.